The van der Waals surface area contributed by atoms with Gasteiger partial charge >= 0.3 is 5.97 Å². The van der Waals surface area contributed by atoms with Crippen LogP contribution in [0.2, 0.25) is 5.02 Å². The number of hydrogen-bond donors (Lipinski definition) is 0. The van der Waals surface area contributed by atoms with Gasteiger partial charge in [-0.1, -0.05) is 95.2 Å². The van der Waals surface area contributed by atoms with Gasteiger partial charge in [-0.05, 0) is 48.9 Å². The van der Waals surface area contributed by atoms with Crippen LogP contribution in [0.5, 0.6) is 11.5 Å². The first-order valence-corrected chi connectivity index (χ1v) is 12.3. The van der Waals surface area contributed by atoms with Crippen molar-refractivity contribution in [2.45, 2.75) is 84.0 Å². The van der Waals surface area contributed by atoms with Crippen molar-refractivity contribution in [2.24, 2.45) is 0 Å². The van der Waals surface area contributed by atoms with Gasteiger partial charge < -0.3 is 9.47 Å². The molecule has 0 radical (unpaired) electrons. The minimum Gasteiger partial charge on any atom is -0.494 e. The van der Waals surface area contributed by atoms with Crippen molar-refractivity contribution in [3.63, 3.8) is 0 Å². The number of benzene rings is 2. The van der Waals surface area contributed by atoms with Gasteiger partial charge in [0.25, 0.3) is 0 Å². The van der Waals surface area contributed by atoms with E-state index in [1.165, 1.54) is 70.6 Å². The average molecular weight is 445 g/mol. The Bertz CT molecular complexity index is 742. The van der Waals surface area contributed by atoms with Crippen LogP contribution in [-0.4, -0.2) is 12.6 Å². The summed E-state index contributed by atoms with van der Waals surface area (Å²) in [6.07, 6.45) is 16.0. The highest BCUT2D eigenvalue weighted by atomic mass is 35.5. The summed E-state index contributed by atoms with van der Waals surface area (Å²) in [5.74, 6) is 0.807. The van der Waals surface area contributed by atoms with Crippen molar-refractivity contribution in [1.29, 1.82) is 0 Å². The molecule has 0 atom stereocenters. The Morgan fingerprint density at radius 1 is 0.742 bits per heavy atom. The fraction of sp³-hybridized carbons (Fsp3) is 0.519. The summed E-state index contributed by atoms with van der Waals surface area (Å²) in [6, 6.07) is 13.9. The topological polar surface area (TPSA) is 35.5 Å². The molecule has 0 aliphatic carbocycles. The monoisotopic (exact) mass is 444 g/mol. The highest BCUT2D eigenvalue weighted by Gasteiger charge is 2.09. The second-order valence-electron chi connectivity index (χ2n) is 8.11. The van der Waals surface area contributed by atoms with E-state index in [9.17, 15) is 4.79 Å². The Labute approximate surface area is 193 Å². The van der Waals surface area contributed by atoms with Crippen molar-refractivity contribution in [1.82, 2.24) is 0 Å². The molecule has 170 valence electrons. The van der Waals surface area contributed by atoms with Crippen molar-refractivity contribution < 1.29 is 14.3 Å². The third kappa shape index (κ3) is 11.3. The first-order valence-electron chi connectivity index (χ1n) is 11.9. The van der Waals surface area contributed by atoms with Crippen molar-refractivity contribution in [2.75, 3.05) is 6.61 Å². The molecule has 0 saturated carbocycles. The summed E-state index contributed by atoms with van der Waals surface area (Å²) in [5.41, 5.74) is 0.484. The van der Waals surface area contributed by atoms with E-state index < -0.39 is 5.97 Å². The predicted octanol–water partition coefficient (Wildman–Crippen LogP) is 8.64. The minimum atomic E-state index is -0.408. The summed E-state index contributed by atoms with van der Waals surface area (Å²) < 4.78 is 11.1. The molecule has 0 heterocycles. The second-order valence-corrected chi connectivity index (χ2v) is 8.55. The maximum atomic E-state index is 12.2. The van der Waals surface area contributed by atoms with Gasteiger partial charge in [-0.2, -0.15) is 0 Å². The van der Waals surface area contributed by atoms with E-state index in [4.69, 9.17) is 21.1 Å². The van der Waals surface area contributed by atoms with E-state index in [1.807, 2.05) is 12.1 Å². The zero-order valence-corrected chi connectivity index (χ0v) is 19.7. The van der Waals surface area contributed by atoms with E-state index in [2.05, 4.69) is 6.92 Å². The van der Waals surface area contributed by atoms with Gasteiger partial charge in [0.1, 0.15) is 11.5 Å². The molecule has 0 spiro atoms. The predicted molar refractivity (Wildman–Crippen MR) is 129 cm³/mol. The number of carbonyl (C=O) groups excluding carboxylic acids is 1. The van der Waals surface area contributed by atoms with Crippen LogP contribution in [0, 0.1) is 0 Å². The van der Waals surface area contributed by atoms with Gasteiger partial charge in [-0.25, -0.2) is 4.79 Å². The summed E-state index contributed by atoms with van der Waals surface area (Å²) in [6.45, 7) is 2.98. The standard InChI is InChI=1S/C27H37ClO3/c1-2-3-4-5-6-7-8-9-10-11-12-13-21-30-25-19-17-23(18-20-25)27(29)31-26-16-14-15-24(28)22-26/h14-20,22H,2-13,21H2,1H3. The van der Waals surface area contributed by atoms with Crippen LogP contribution < -0.4 is 9.47 Å². The number of rotatable bonds is 16. The molecule has 0 N–H and O–H groups in total. The molecular weight excluding hydrogens is 408 g/mol. The lowest BCUT2D eigenvalue weighted by Gasteiger charge is -2.08. The Morgan fingerprint density at radius 2 is 1.32 bits per heavy atom. The summed E-state index contributed by atoms with van der Waals surface area (Å²) in [5, 5.41) is 0.534. The molecule has 0 aliphatic heterocycles. The number of esters is 1. The van der Waals surface area contributed by atoms with E-state index >= 15 is 0 Å². The summed E-state index contributed by atoms with van der Waals surface area (Å²) >= 11 is 5.92. The Hall–Kier alpha value is -2.00. The first-order chi connectivity index (χ1) is 15.2. The average Bonchev–Trinajstić information content (AvgIpc) is 2.77. The van der Waals surface area contributed by atoms with Crippen LogP contribution in [0.15, 0.2) is 48.5 Å². The molecule has 31 heavy (non-hydrogen) atoms. The molecule has 0 bridgehead atoms. The fourth-order valence-electron chi connectivity index (χ4n) is 3.52. The maximum absolute atomic E-state index is 12.2. The van der Waals surface area contributed by atoms with Crippen LogP contribution in [0.3, 0.4) is 0 Å². The molecule has 2 aromatic rings. The second kappa shape index (κ2) is 15.8. The molecule has 4 heteroatoms. The molecular formula is C27H37ClO3. The van der Waals surface area contributed by atoms with Gasteiger partial charge in [0.05, 0.1) is 12.2 Å². The molecule has 2 rings (SSSR count). The smallest absolute Gasteiger partial charge is 0.343 e. The number of ether oxygens (including phenoxy) is 2. The molecule has 0 fully saturated rings. The van der Waals surface area contributed by atoms with E-state index in [-0.39, 0.29) is 0 Å². The van der Waals surface area contributed by atoms with Gasteiger partial charge in [0.15, 0.2) is 0 Å². The quantitative estimate of drug-likeness (QED) is 0.147. The highest BCUT2D eigenvalue weighted by molar-refractivity contribution is 6.30. The molecule has 0 aliphatic rings. The Kier molecular flexibility index (Phi) is 12.8. The molecule has 0 amide bonds. The fourth-order valence-corrected chi connectivity index (χ4v) is 3.70. The Morgan fingerprint density at radius 3 is 1.90 bits per heavy atom. The van der Waals surface area contributed by atoms with Crippen LogP contribution in [0.4, 0.5) is 0 Å². The lowest BCUT2D eigenvalue weighted by Crippen LogP contribution is -2.08. The lowest BCUT2D eigenvalue weighted by molar-refractivity contribution is 0.0735. The van der Waals surface area contributed by atoms with Crippen molar-refractivity contribution in [3.05, 3.63) is 59.1 Å². The van der Waals surface area contributed by atoms with Gasteiger partial charge in [-0.15, -0.1) is 0 Å². The van der Waals surface area contributed by atoms with Crippen LogP contribution in [0.25, 0.3) is 0 Å². The number of hydrogen-bond acceptors (Lipinski definition) is 3. The first kappa shape index (κ1) is 25.3. The largest absolute Gasteiger partial charge is 0.494 e. The normalized spacial score (nSPS) is 10.8. The highest BCUT2D eigenvalue weighted by Crippen LogP contribution is 2.20. The van der Waals surface area contributed by atoms with Gasteiger partial charge in [0, 0.05) is 5.02 Å². The molecule has 2 aromatic carbocycles. The molecule has 0 unspecified atom stereocenters. The zero-order chi connectivity index (χ0) is 22.2. The summed E-state index contributed by atoms with van der Waals surface area (Å²) in [7, 11) is 0. The third-order valence-corrected chi connectivity index (χ3v) is 5.60. The molecule has 3 nitrogen and oxygen atoms in total. The van der Waals surface area contributed by atoms with Gasteiger partial charge in [0.2, 0.25) is 0 Å². The van der Waals surface area contributed by atoms with Crippen LogP contribution in [0.1, 0.15) is 94.3 Å². The van der Waals surface area contributed by atoms with E-state index in [0.717, 1.165) is 12.2 Å². The number of unbranched alkanes of at least 4 members (excludes halogenated alkanes) is 11. The molecule has 0 saturated heterocycles. The van der Waals surface area contributed by atoms with Gasteiger partial charge in [-0.3, -0.25) is 0 Å². The SMILES string of the molecule is CCCCCCCCCCCCCCOc1ccc(C(=O)Oc2cccc(Cl)c2)cc1. The minimum absolute atomic E-state index is 0.408. The van der Waals surface area contributed by atoms with Crippen molar-refractivity contribution in [3.8, 4) is 11.5 Å². The maximum Gasteiger partial charge on any atom is 0.343 e. The Balaban J connectivity index is 1.51. The number of halogens is 1. The van der Waals surface area contributed by atoms with Crippen LogP contribution >= 0.6 is 11.6 Å². The van der Waals surface area contributed by atoms with E-state index in [0.29, 0.717) is 22.9 Å². The third-order valence-electron chi connectivity index (χ3n) is 5.36. The number of carbonyl (C=O) groups is 1. The van der Waals surface area contributed by atoms with E-state index in [1.54, 1.807) is 36.4 Å². The zero-order valence-electron chi connectivity index (χ0n) is 18.9. The van der Waals surface area contributed by atoms with Crippen LogP contribution in [-0.2, 0) is 0 Å². The summed E-state index contributed by atoms with van der Waals surface area (Å²) in [4.78, 5) is 12.2. The lowest BCUT2D eigenvalue weighted by atomic mass is 10.1. The van der Waals surface area contributed by atoms with Crippen molar-refractivity contribution >= 4 is 17.6 Å². The molecule has 0 aromatic heterocycles.